The molecule has 0 aliphatic carbocycles. The summed E-state index contributed by atoms with van der Waals surface area (Å²) < 4.78 is 6.17. The maximum absolute atomic E-state index is 10.4. The number of methoxy groups -OCH3 is 1. The van der Waals surface area contributed by atoms with Crippen molar-refractivity contribution in [2.45, 2.75) is 13.0 Å². The summed E-state index contributed by atoms with van der Waals surface area (Å²) in [6, 6.07) is 13.3. The lowest BCUT2D eigenvalue weighted by molar-refractivity contribution is 0.219. The molecule has 0 saturated heterocycles. The summed E-state index contributed by atoms with van der Waals surface area (Å²) in [6.45, 7) is 2.02. The molecule has 2 aromatic carbocycles. The zero-order valence-corrected chi connectivity index (χ0v) is 11.9. The molecule has 0 radical (unpaired) electrons. The summed E-state index contributed by atoms with van der Waals surface area (Å²) in [5.74, 6) is 0.748. The van der Waals surface area contributed by atoms with Gasteiger partial charge in [-0.25, -0.2) is 0 Å². The van der Waals surface area contributed by atoms with Crippen LogP contribution in [-0.2, 0) is 0 Å². The average molecular weight is 307 g/mol. The quantitative estimate of drug-likeness (QED) is 0.933. The van der Waals surface area contributed by atoms with E-state index in [1.807, 2.05) is 49.4 Å². The van der Waals surface area contributed by atoms with E-state index in [1.54, 1.807) is 7.11 Å². The number of benzene rings is 2. The third-order valence-corrected chi connectivity index (χ3v) is 3.78. The number of hydrogen-bond donors (Lipinski definition) is 1. The van der Waals surface area contributed by atoms with Crippen LogP contribution in [0.5, 0.6) is 5.75 Å². The number of ether oxygens (including phenoxy) is 1. The third kappa shape index (κ3) is 2.74. The molecule has 0 heterocycles. The lowest BCUT2D eigenvalue weighted by Crippen LogP contribution is -2.00. The van der Waals surface area contributed by atoms with E-state index in [0.717, 1.165) is 26.9 Å². The molecule has 0 fully saturated rings. The number of aryl methyl sites for hydroxylation is 1. The van der Waals surface area contributed by atoms with Gasteiger partial charge in [0.2, 0.25) is 0 Å². The van der Waals surface area contributed by atoms with Crippen molar-refractivity contribution in [3.63, 3.8) is 0 Å². The van der Waals surface area contributed by atoms with Crippen LogP contribution in [0.4, 0.5) is 0 Å². The largest absolute Gasteiger partial charge is 0.497 e. The number of halogens is 1. The Balaban J connectivity index is 2.34. The van der Waals surface area contributed by atoms with Gasteiger partial charge in [-0.05, 0) is 41.8 Å². The predicted octanol–water partition coefficient (Wildman–Crippen LogP) is 3.85. The highest BCUT2D eigenvalue weighted by Gasteiger charge is 2.12. The highest BCUT2D eigenvalue weighted by molar-refractivity contribution is 9.10. The summed E-state index contributed by atoms with van der Waals surface area (Å²) >= 11 is 3.48. The maximum Gasteiger partial charge on any atom is 0.119 e. The number of hydrogen-bond acceptors (Lipinski definition) is 2. The Morgan fingerprint density at radius 3 is 2.50 bits per heavy atom. The molecule has 2 rings (SSSR count). The Morgan fingerprint density at radius 1 is 1.11 bits per heavy atom. The molecular weight excluding hydrogens is 292 g/mol. The van der Waals surface area contributed by atoms with Crippen LogP contribution in [0.2, 0.25) is 0 Å². The third-order valence-electron chi connectivity index (χ3n) is 2.92. The van der Waals surface area contributed by atoms with Crippen LogP contribution in [0, 0.1) is 6.92 Å². The molecule has 0 aliphatic heterocycles. The van der Waals surface area contributed by atoms with Gasteiger partial charge in [-0.15, -0.1) is 0 Å². The van der Waals surface area contributed by atoms with E-state index in [-0.39, 0.29) is 0 Å². The topological polar surface area (TPSA) is 29.5 Å². The highest BCUT2D eigenvalue weighted by atomic mass is 79.9. The van der Waals surface area contributed by atoms with E-state index < -0.39 is 6.10 Å². The lowest BCUT2D eigenvalue weighted by atomic mass is 10.0. The monoisotopic (exact) mass is 306 g/mol. The minimum absolute atomic E-state index is 0.642. The van der Waals surface area contributed by atoms with Gasteiger partial charge in [-0.3, -0.25) is 0 Å². The zero-order valence-electron chi connectivity index (χ0n) is 10.4. The van der Waals surface area contributed by atoms with Crippen molar-refractivity contribution in [3.8, 4) is 5.75 Å². The number of rotatable bonds is 3. The molecular formula is C15H15BrO2. The average Bonchev–Trinajstić information content (AvgIpc) is 2.41. The molecule has 0 amide bonds. The Kier molecular flexibility index (Phi) is 4.04. The van der Waals surface area contributed by atoms with Crippen LogP contribution < -0.4 is 4.74 Å². The molecule has 18 heavy (non-hydrogen) atoms. The molecule has 0 spiro atoms. The van der Waals surface area contributed by atoms with Gasteiger partial charge in [0.25, 0.3) is 0 Å². The zero-order chi connectivity index (χ0) is 13.1. The first kappa shape index (κ1) is 13.1. The molecule has 3 heteroatoms. The summed E-state index contributed by atoms with van der Waals surface area (Å²) in [5, 5.41) is 10.4. The standard InChI is InChI=1S/C15H15BrO2/c1-10-6-7-12(9-14(10)16)15(17)11-4-3-5-13(8-11)18-2/h3-9,15,17H,1-2H3. The molecule has 1 unspecified atom stereocenters. The summed E-state index contributed by atoms with van der Waals surface area (Å²) in [4.78, 5) is 0. The second-order valence-corrected chi connectivity index (χ2v) is 5.04. The van der Waals surface area contributed by atoms with Crippen molar-refractivity contribution in [2.24, 2.45) is 0 Å². The van der Waals surface area contributed by atoms with Gasteiger partial charge in [-0.1, -0.05) is 40.2 Å². The molecule has 1 atom stereocenters. The van der Waals surface area contributed by atoms with Crippen LogP contribution in [0.15, 0.2) is 46.9 Å². The highest BCUT2D eigenvalue weighted by Crippen LogP contribution is 2.28. The van der Waals surface area contributed by atoms with Crippen molar-refractivity contribution in [1.29, 1.82) is 0 Å². The van der Waals surface area contributed by atoms with Gasteiger partial charge < -0.3 is 9.84 Å². The van der Waals surface area contributed by atoms with Crippen molar-refractivity contribution >= 4 is 15.9 Å². The van der Waals surface area contributed by atoms with E-state index in [9.17, 15) is 5.11 Å². The predicted molar refractivity (Wildman–Crippen MR) is 75.9 cm³/mol. The van der Waals surface area contributed by atoms with Gasteiger partial charge >= 0.3 is 0 Å². The lowest BCUT2D eigenvalue weighted by Gasteiger charge is -2.13. The molecule has 2 nitrogen and oxygen atoms in total. The Bertz CT molecular complexity index is 552. The summed E-state index contributed by atoms with van der Waals surface area (Å²) in [5.41, 5.74) is 2.84. The smallest absolute Gasteiger partial charge is 0.119 e. The van der Waals surface area contributed by atoms with Crippen LogP contribution >= 0.6 is 15.9 Å². The van der Waals surface area contributed by atoms with Gasteiger partial charge in [0, 0.05) is 4.47 Å². The van der Waals surface area contributed by atoms with Crippen molar-refractivity contribution in [3.05, 3.63) is 63.6 Å². The second kappa shape index (κ2) is 5.55. The number of aliphatic hydroxyl groups is 1. The molecule has 0 aromatic heterocycles. The van der Waals surface area contributed by atoms with E-state index in [0.29, 0.717) is 0 Å². The first-order valence-electron chi connectivity index (χ1n) is 5.70. The molecule has 0 saturated carbocycles. The fraction of sp³-hybridized carbons (Fsp3) is 0.200. The summed E-state index contributed by atoms with van der Waals surface area (Å²) in [6.07, 6.45) is -0.642. The van der Waals surface area contributed by atoms with E-state index in [2.05, 4.69) is 15.9 Å². The van der Waals surface area contributed by atoms with Gasteiger partial charge in [0.1, 0.15) is 11.9 Å². The first-order chi connectivity index (χ1) is 8.61. The van der Waals surface area contributed by atoms with Crippen molar-refractivity contribution in [2.75, 3.05) is 7.11 Å². The molecule has 0 bridgehead atoms. The van der Waals surface area contributed by atoms with Crippen LogP contribution in [0.3, 0.4) is 0 Å². The fourth-order valence-electron chi connectivity index (χ4n) is 1.78. The van der Waals surface area contributed by atoms with Crippen LogP contribution in [-0.4, -0.2) is 12.2 Å². The van der Waals surface area contributed by atoms with Gasteiger partial charge in [0.15, 0.2) is 0 Å². The second-order valence-electron chi connectivity index (χ2n) is 4.19. The number of aliphatic hydroxyl groups excluding tert-OH is 1. The van der Waals surface area contributed by atoms with Crippen molar-refractivity contribution < 1.29 is 9.84 Å². The Morgan fingerprint density at radius 2 is 1.83 bits per heavy atom. The van der Waals surface area contributed by atoms with E-state index in [1.165, 1.54) is 0 Å². The normalized spacial score (nSPS) is 12.2. The molecule has 2 aromatic rings. The van der Waals surface area contributed by atoms with Crippen LogP contribution in [0.1, 0.15) is 22.8 Å². The van der Waals surface area contributed by atoms with E-state index in [4.69, 9.17) is 4.74 Å². The van der Waals surface area contributed by atoms with Gasteiger partial charge in [0.05, 0.1) is 7.11 Å². The van der Waals surface area contributed by atoms with Crippen LogP contribution in [0.25, 0.3) is 0 Å². The maximum atomic E-state index is 10.4. The Labute approximate surface area is 115 Å². The van der Waals surface area contributed by atoms with Crippen molar-refractivity contribution in [1.82, 2.24) is 0 Å². The fourth-order valence-corrected chi connectivity index (χ4v) is 2.18. The SMILES string of the molecule is COc1cccc(C(O)c2ccc(C)c(Br)c2)c1. The van der Waals surface area contributed by atoms with Gasteiger partial charge in [-0.2, -0.15) is 0 Å². The molecule has 94 valence electrons. The first-order valence-corrected chi connectivity index (χ1v) is 6.49. The Hall–Kier alpha value is -1.32. The molecule has 1 N–H and O–H groups in total. The molecule has 0 aliphatic rings. The minimum atomic E-state index is -0.642. The minimum Gasteiger partial charge on any atom is -0.497 e. The van der Waals surface area contributed by atoms with E-state index >= 15 is 0 Å². The summed E-state index contributed by atoms with van der Waals surface area (Å²) in [7, 11) is 1.62.